The number of sulfonamides is 1. The maximum Gasteiger partial charge on any atom is 0.305 e. The highest BCUT2D eigenvalue weighted by atomic mass is 32.2. The minimum absolute atomic E-state index is 0.147. The molecule has 7 nitrogen and oxygen atoms in total. The molecule has 1 heterocycles. The van der Waals surface area contributed by atoms with Gasteiger partial charge in [-0.1, -0.05) is 12.1 Å². The number of carboxylic acid groups (broad SMARTS) is 1. The van der Waals surface area contributed by atoms with Crippen LogP contribution in [-0.4, -0.2) is 48.5 Å². The molecule has 1 aliphatic rings. The lowest BCUT2D eigenvalue weighted by Gasteiger charge is -2.20. The zero-order valence-electron chi connectivity index (χ0n) is 12.4. The van der Waals surface area contributed by atoms with Gasteiger partial charge < -0.3 is 10.4 Å². The summed E-state index contributed by atoms with van der Waals surface area (Å²) in [7, 11) is -2.33. The minimum Gasteiger partial charge on any atom is -0.481 e. The predicted molar refractivity (Wildman–Crippen MR) is 79.5 cm³/mol. The Morgan fingerprint density at radius 1 is 1.39 bits per heavy atom. The van der Waals surface area contributed by atoms with Crippen molar-refractivity contribution in [3.63, 3.8) is 0 Å². The molecule has 0 spiro atoms. The second kappa shape index (κ2) is 6.63. The van der Waals surface area contributed by atoms with Gasteiger partial charge in [0.25, 0.3) is 0 Å². The van der Waals surface area contributed by atoms with E-state index in [1.807, 2.05) is 0 Å². The molecule has 2 atom stereocenters. The van der Waals surface area contributed by atoms with Gasteiger partial charge in [0, 0.05) is 13.6 Å². The monoisotopic (exact) mass is 344 g/mol. The number of carbonyl (C=O) groups is 2. The number of benzene rings is 1. The fourth-order valence-electron chi connectivity index (χ4n) is 2.45. The fourth-order valence-corrected chi connectivity index (χ4v) is 3.98. The molecule has 2 unspecified atom stereocenters. The van der Waals surface area contributed by atoms with Gasteiger partial charge >= 0.3 is 5.97 Å². The Labute approximate surface area is 133 Å². The number of hydrogen-bond donors (Lipinski definition) is 2. The largest absolute Gasteiger partial charge is 0.481 e. The van der Waals surface area contributed by atoms with Crippen molar-refractivity contribution in [3.05, 3.63) is 35.6 Å². The molecule has 1 aromatic carbocycles. The van der Waals surface area contributed by atoms with Gasteiger partial charge in [-0.2, -0.15) is 0 Å². The van der Waals surface area contributed by atoms with Crippen molar-refractivity contribution in [2.45, 2.75) is 24.1 Å². The van der Waals surface area contributed by atoms with Gasteiger partial charge in [-0.05, 0) is 24.1 Å². The number of nitrogens with zero attached hydrogens (tertiary/aromatic N) is 1. The van der Waals surface area contributed by atoms with Crippen LogP contribution in [0.2, 0.25) is 0 Å². The maximum atomic E-state index is 13.0. The Morgan fingerprint density at radius 3 is 2.48 bits per heavy atom. The van der Waals surface area contributed by atoms with Crippen molar-refractivity contribution in [3.8, 4) is 0 Å². The third-order valence-corrected chi connectivity index (χ3v) is 5.98. The highest BCUT2D eigenvalue weighted by Crippen LogP contribution is 2.23. The number of amides is 1. The lowest BCUT2D eigenvalue weighted by molar-refractivity contribution is -0.137. The normalized spacial score (nSPS) is 21.7. The van der Waals surface area contributed by atoms with Gasteiger partial charge in [-0.3, -0.25) is 9.59 Å². The minimum atomic E-state index is -3.71. The Kier molecular flexibility index (Phi) is 5.00. The van der Waals surface area contributed by atoms with Crippen LogP contribution in [0.3, 0.4) is 0 Å². The fraction of sp³-hybridized carbons (Fsp3) is 0.429. The van der Waals surface area contributed by atoms with E-state index in [1.54, 1.807) is 0 Å². The van der Waals surface area contributed by atoms with Gasteiger partial charge in [0.15, 0.2) is 5.25 Å². The van der Waals surface area contributed by atoms with Crippen LogP contribution in [-0.2, 0) is 19.6 Å². The Bertz CT molecular complexity index is 704. The number of rotatable bonds is 5. The first-order chi connectivity index (χ1) is 10.7. The molecule has 9 heteroatoms. The zero-order chi connectivity index (χ0) is 17.2. The Hall–Kier alpha value is -2.00. The number of hydrogen-bond acceptors (Lipinski definition) is 4. The van der Waals surface area contributed by atoms with E-state index in [9.17, 15) is 22.4 Å². The Morgan fingerprint density at radius 2 is 2.00 bits per heavy atom. The average Bonchev–Trinajstić information content (AvgIpc) is 2.72. The van der Waals surface area contributed by atoms with Crippen molar-refractivity contribution in [2.75, 3.05) is 13.6 Å². The van der Waals surface area contributed by atoms with Gasteiger partial charge in [0.2, 0.25) is 15.9 Å². The summed E-state index contributed by atoms with van der Waals surface area (Å²) in [5, 5.41) is 10.2. The molecule has 2 N–H and O–H groups in total. The summed E-state index contributed by atoms with van der Waals surface area (Å²) in [6.45, 7) is 0.237. The van der Waals surface area contributed by atoms with Gasteiger partial charge in [0.1, 0.15) is 5.82 Å². The third kappa shape index (κ3) is 3.85. The zero-order valence-corrected chi connectivity index (χ0v) is 13.2. The van der Waals surface area contributed by atoms with Crippen molar-refractivity contribution in [1.82, 2.24) is 9.62 Å². The molecular formula is C14H17FN2O5S. The highest BCUT2D eigenvalue weighted by molar-refractivity contribution is 7.90. The summed E-state index contributed by atoms with van der Waals surface area (Å²) in [6.07, 6.45) is -0.284. The molecule has 0 aliphatic carbocycles. The van der Waals surface area contributed by atoms with E-state index in [0.29, 0.717) is 5.56 Å². The molecule has 23 heavy (non-hydrogen) atoms. The van der Waals surface area contributed by atoms with Crippen LogP contribution in [0.4, 0.5) is 4.39 Å². The van der Waals surface area contributed by atoms with Gasteiger partial charge in [-0.25, -0.2) is 17.1 Å². The van der Waals surface area contributed by atoms with E-state index in [2.05, 4.69) is 5.32 Å². The molecule has 1 saturated heterocycles. The van der Waals surface area contributed by atoms with Crippen LogP contribution in [0, 0.1) is 5.82 Å². The van der Waals surface area contributed by atoms with E-state index in [0.717, 1.165) is 16.4 Å². The van der Waals surface area contributed by atoms with E-state index in [-0.39, 0.29) is 13.0 Å². The molecule has 0 radical (unpaired) electrons. The molecule has 1 aromatic rings. The van der Waals surface area contributed by atoms with Crippen LogP contribution < -0.4 is 5.32 Å². The molecule has 2 rings (SSSR count). The standard InChI is InChI=1S/C14H17FN2O5S/c1-17-7-6-12(23(17,21)22)14(20)16-11(8-13(18)19)9-2-4-10(15)5-3-9/h2-5,11-12H,6-8H2,1H3,(H,16,20)(H,18,19). The maximum absolute atomic E-state index is 13.0. The summed E-state index contributed by atoms with van der Waals surface area (Å²) in [5.41, 5.74) is 0.394. The second-order valence-corrected chi connectivity index (χ2v) is 7.58. The summed E-state index contributed by atoms with van der Waals surface area (Å²) in [4.78, 5) is 23.2. The number of nitrogens with one attached hydrogen (secondary N) is 1. The molecule has 0 aromatic heterocycles. The molecule has 0 bridgehead atoms. The SMILES string of the molecule is CN1CCC(C(=O)NC(CC(=O)O)c2ccc(F)cc2)S1(=O)=O. The summed E-state index contributed by atoms with van der Waals surface area (Å²) < 4.78 is 38.1. The first-order valence-corrected chi connectivity index (χ1v) is 8.45. The van der Waals surface area contributed by atoms with Crippen LogP contribution in [0.1, 0.15) is 24.4 Å². The van der Waals surface area contributed by atoms with Crippen molar-refractivity contribution in [1.29, 1.82) is 0 Å². The van der Waals surface area contributed by atoms with Crippen LogP contribution >= 0.6 is 0 Å². The number of halogens is 1. The van der Waals surface area contributed by atoms with Crippen LogP contribution in [0.15, 0.2) is 24.3 Å². The number of aliphatic carboxylic acids is 1. The van der Waals surface area contributed by atoms with Crippen molar-refractivity contribution in [2.24, 2.45) is 0 Å². The second-order valence-electron chi connectivity index (χ2n) is 5.35. The summed E-state index contributed by atoms with van der Waals surface area (Å²) in [5.74, 6) is -2.40. The van der Waals surface area contributed by atoms with E-state index >= 15 is 0 Å². The molecular weight excluding hydrogens is 327 g/mol. The summed E-state index contributed by atoms with van der Waals surface area (Å²) >= 11 is 0. The lowest BCUT2D eigenvalue weighted by atomic mass is 10.0. The van der Waals surface area contributed by atoms with E-state index in [1.165, 1.54) is 19.2 Å². The van der Waals surface area contributed by atoms with Crippen molar-refractivity contribution >= 4 is 21.9 Å². The molecule has 1 aliphatic heterocycles. The van der Waals surface area contributed by atoms with Crippen LogP contribution in [0.25, 0.3) is 0 Å². The quantitative estimate of drug-likeness (QED) is 0.809. The smallest absolute Gasteiger partial charge is 0.305 e. The first kappa shape index (κ1) is 17.4. The number of carbonyl (C=O) groups excluding carboxylic acids is 1. The average molecular weight is 344 g/mol. The van der Waals surface area contributed by atoms with Gasteiger partial charge in [0.05, 0.1) is 12.5 Å². The topological polar surface area (TPSA) is 104 Å². The molecule has 1 fully saturated rings. The third-order valence-electron chi connectivity index (χ3n) is 3.76. The van der Waals surface area contributed by atoms with Gasteiger partial charge in [-0.15, -0.1) is 0 Å². The molecule has 126 valence electrons. The Balaban J connectivity index is 2.19. The summed E-state index contributed by atoms with van der Waals surface area (Å²) in [6, 6.07) is 4.09. The molecule has 1 amide bonds. The van der Waals surface area contributed by atoms with Crippen molar-refractivity contribution < 1.29 is 27.5 Å². The van der Waals surface area contributed by atoms with Crippen LogP contribution in [0.5, 0.6) is 0 Å². The highest BCUT2D eigenvalue weighted by Gasteiger charge is 2.42. The van der Waals surface area contributed by atoms with E-state index < -0.39 is 45.4 Å². The lowest BCUT2D eigenvalue weighted by Crippen LogP contribution is -2.41. The number of carboxylic acids is 1. The first-order valence-electron chi connectivity index (χ1n) is 6.94. The van der Waals surface area contributed by atoms with E-state index in [4.69, 9.17) is 5.11 Å². The predicted octanol–water partition coefficient (Wildman–Crippen LogP) is 0.492. The molecule has 0 saturated carbocycles.